The number of amides is 2. The van der Waals surface area contributed by atoms with E-state index in [1.807, 2.05) is 0 Å². The zero-order valence-electron chi connectivity index (χ0n) is 6.93. The number of rotatable bonds is 3. The zero-order valence-corrected chi connectivity index (χ0v) is 10.1. The van der Waals surface area contributed by atoms with Gasteiger partial charge in [-0.25, -0.2) is 0 Å². The third-order valence-corrected chi connectivity index (χ3v) is 3.65. The Bertz CT molecular complexity index is 264. The molecule has 1 aliphatic rings. The quantitative estimate of drug-likeness (QED) is 0.776. The van der Waals surface area contributed by atoms with Crippen molar-refractivity contribution in [2.75, 3.05) is 20.1 Å². The fourth-order valence-corrected chi connectivity index (χ4v) is 1.71. The molecule has 0 aromatic carbocycles. The summed E-state index contributed by atoms with van der Waals surface area (Å²) in [4.78, 5) is 23.9. The molecular weight excluding hydrogens is 304 g/mol. The van der Waals surface area contributed by atoms with Crippen molar-refractivity contribution in [2.45, 2.75) is 0 Å². The second kappa shape index (κ2) is 4.34. The fraction of sp³-hybridized carbons (Fsp3) is 0.429. The molecule has 72 valence electrons. The lowest BCUT2D eigenvalue weighted by Crippen LogP contribution is -2.36. The highest BCUT2D eigenvalue weighted by Crippen LogP contribution is 2.28. The van der Waals surface area contributed by atoms with Gasteiger partial charge in [-0.1, -0.05) is 0 Å². The highest BCUT2D eigenvalue weighted by molar-refractivity contribution is 9.14. The van der Waals surface area contributed by atoms with Crippen molar-refractivity contribution >= 4 is 43.7 Å². The lowest BCUT2D eigenvalue weighted by atomic mass is 10.5. The van der Waals surface area contributed by atoms with Crippen LogP contribution in [-0.4, -0.2) is 36.9 Å². The molecule has 0 atom stereocenters. The first-order chi connectivity index (χ1) is 6.09. The molecule has 1 aliphatic heterocycles. The van der Waals surface area contributed by atoms with Crippen molar-refractivity contribution in [3.8, 4) is 0 Å². The number of hydrogen-bond donors (Lipinski definition) is 1. The lowest BCUT2D eigenvalue weighted by molar-refractivity contribution is -0.136. The topological polar surface area (TPSA) is 49.4 Å². The van der Waals surface area contributed by atoms with Crippen molar-refractivity contribution < 1.29 is 9.59 Å². The summed E-state index contributed by atoms with van der Waals surface area (Å²) in [5, 5.41) is 2.87. The molecule has 6 heteroatoms. The molecule has 0 aromatic rings. The van der Waals surface area contributed by atoms with Gasteiger partial charge in [0.1, 0.15) is 8.96 Å². The van der Waals surface area contributed by atoms with Crippen LogP contribution in [0, 0.1) is 0 Å². The van der Waals surface area contributed by atoms with Gasteiger partial charge in [-0.15, -0.1) is 0 Å². The Balaban J connectivity index is 2.73. The third-order valence-electron chi connectivity index (χ3n) is 1.64. The number of carbonyl (C=O) groups is 2. The molecule has 1 rings (SSSR count). The molecule has 1 N–H and O–H groups in total. The monoisotopic (exact) mass is 310 g/mol. The van der Waals surface area contributed by atoms with Gasteiger partial charge >= 0.3 is 0 Å². The summed E-state index contributed by atoms with van der Waals surface area (Å²) in [6.07, 6.45) is 0. The molecule has 0 bridgehead atoms. The SMILES string of the molecule is CNCCN1C(=O)C(Br)=C(Br)C1=O. The van der Waals surface area contributed by atoms with Crippen LogP contribution in [0.2, 0.25) is 0 Å². The second-order valence-electron chi connectivity index (χ2n) is 2.49. The maximum absolute atomic E-state index is 11.4. The van der Waals surface area contributed by atoms with E-state index in [2.05, 4.69) is 37.2 Å². The number of nitrogens with one attached hydrogen (secondary N) is 1. The normalized spacial score (nSPS) is 17.6. The van der Waals surface area contributed by atoms with E-state index in [0.717, 1.165) is 0 Å². The minimum Gasteiger partial charge on any atom is -0.318 e. The van der Waals surface area contributed by atoms with Crippen molar-refractivity contribution in [2.24, 2.45) is 0 Å². The lowest BCUT2D eigenvalue weighted by Gasteiger charge is -2.13. The smallest absolute Gasteiger partial charge is 0.269 e. The molecule has 0 spiro atoms. The minimum atomic E-state index is -0.285. The van der Waals surface area contributed by atoms with E-state index in [0.29, 0.717) is 22.1 Å². The van der Waals surface area contributed by atoms with Gasteiger partial charge in [0.2, 0.25) is 0 Å². The van der Waals surface area contributed by atoms with Crippen LogP contribution in [0.4, 0.5) is 0 Å². The Kier molecular flexibility index (Phi) is 3.63. The van der Waals surface area contributed by atoms with Crippen molar-refractivity contribution in [1.29, 1.82) is 0 Å². The van der Waals surface area contributed by atoms with E-state index in [1.165, 1.54) is 4.90 Å². The average Bonchev–Trinajstić information content (AvgIpc) is 2.30. The molecule has 2 amide bonds. The maximum Gasteiger partial charge on any atom is 0.269 e. The van der Waals surface area contributed by atoms with Crippen LogP contribution in [-0.2, 0) is 9.59 Å². The van der Waals surface area contributed by atoms with Crippen LogP contribution in [0.25, 0.3) is 0 Å². The molecule has 0 aromatic heterocycles. The van der Waals surface area contributed by atoms with Gasteiger partial charge in [0.15, 0.2) is 0 Å². The number of likely N-dealkylation sites (N-methyl/N-ethyl adjacent to an activating group) is 1. The molecule has 0 aliphatic carbocycles. The van der Waals surface area contributed by atoms with Gasteiger partial charge in [-0.3, -0.25) is 14.5 Å². The van der Waals surface area contributed by atoms with E-state index in [-0.39, 0.29) is 11.8 Å². The van der Waals surface area contributed by atoms with Crippen molar-refractivity contribution in [1.82, 2.24) is 10.2 Å². The molecular formula is C7H8Br2N2O2. The Labute approximate surface area is 92.6 Å². The molecule has 0 radical (unpaired) electrons. The number of carbonyl (C=O) groups excluding carboxylic acids is 2. The van der Waals surface area contributed by atoms with E-state index in [1.54, 1.807) is 7.05 Å². The Morgan fingerprint density at radius 1 is 1.23 bits per heavy atom. The molecule has 4 nitrogen and oxygen atoms in total. The molecule has 0 fully saturated rings. The summed E-state index contributed by atoms with van der Waals surface area (Å²) in [7, 11) is 1.77. The molecule has 0 saturated carbocycles. The molecule has 13 heavy (non-hydrogen) atoms. The highest BCUT2D eigenvalue weighted by Gasteiger charge is 2.35. The van der Waals surface area contributed by atoms with E-state index >= 15 is 0 Å². The molecule has 0 saturated heterocycles. The summed E-state index contributed by atoms with van der Waals surface area (Å²) in [6.45, 7) is 0.983. The van der Waals surface area contributed by atoms with Crippen molar-refractivity contribution in [3.05, 3.63) is 8.96 Å². The maximum atomic E-state index is 11.4. The summed E-state index contributed by atoms with van der Waals surface area (Å²) < 4.78 is 0.599. The van der Waals surface area contributed by atoms with E-state index in [4.69, 9.17) is 0 Å². The number of nitrogens with zero attached hydrogens (tertiary/aromatic N) is 1. The highest BCUT2D eigenvalue weighted by atomic mass is 79.9. The largest absolute Gasteiger partial charge is 0.318 e. The number of halogens is 2. The van der Waals surface area contributed by atoms with Crippen LogP contribution in [0.3, 0.4) is 0 Å². The minimum absolute atomic E-state index is 0.285. The van der Waals surface area contributed by atoms with Gasteiger partial charge in [0.25, 0.3) is 11.8 Å². The van der Waals surface area contributed by atoms with Crippen molar-refractivity contribution in [3.63, 3.8) is 0 Å². The molecule has 1 heterocycles. The summed E-state index contributed by atoms with van der Waals surface area (Å²) in [6, 6.07) is 0. The van der Waals surface area contributed by atoms with Crippen LogP contribution in [0.5, 0.6) is 0 Å². The first-order valence-corrected chi connectivity index (χ1v) is 5.24. The number of hydrogen-bond acceptors (Lipinski definition) is 3. The average molecular weight is 312 g/mol. The summed E-state index contributed by atoms with van der Waals surface area (Å²) >= 11 is 6.08. The molecule has 0 unspecified atom stereocenters. The first-order valence-electron chi connectivity index (χ1n) is 3.65. The summed E-state index contributed by atoms with van der Waals surface area (Å²) in [5.74, 6) is -0.570. The summed E-state index contributed by atoms with van der Waals surface area (Å²) in [5.41, 5.74) is 0. The van der Waals surface area contributed by atoms with Gasteiger partial charge < -0.3 is 5.32 Å². The van der Waals surface area contributed by atoms with Crippen LogP contribution < -0.4 is 5.32 Å². The van der Waals surface area contributed by atoms with Gasteiger partial charge in [0, 0.05) is 13.1 Å². The Morgan fingerprint density at radius 3 is 2.08 bits per heavy atom. The standard InChI is InChI=1S/C7H8Br2N2O2/c1-10-2-3-11-6(12)4(8)5(9)7(11)13/h10H,2-3H2,1H3. The predicted octanol–water partition coefficient (Wildman–Crippen LogP) is 0.576. The zero-order chi connectivity index (χ0) is 10.0. The third kappa shape index (κ3) is 2.00. The van der Waals surface area contributed by atoms with Gasteiger partial charge in [-0.2, -0.15) is 0 Å². The van der Waals surface area contributed by atoms with Gasteiger partial charge in [0.05, 0.1) is 0 Å². The first kappa shape index (κ1) is 10.9. The van der Waals surface area contributed by atoms with Crippen LogP contribution in [0.1, 0.15) is 0 Å². The van der Waals surface area contributed by atoms with Crippen LogP contribution >= 0.6 is 31.9 Å². The Hall–Kier alpha value is -0.200. The van der Waals surface area contributed by atoms with E-state index in [9.17, 15) is 9.59 Å². The van der Waals surface area contributed by atoms with Gasteiger partial charge in [-0.05, 0) is 38.9 Å². The predicted molar refractivity (Wildman–Crippen MR) is 55.5 cm³/mol. The second-order valence-corrected chi connectivity index (χ2v) is 4.08. The van der Waals surface area contributed by atoms with E-state index < -0.39 is 0 Å². The Morgan fingerprint density at radius 2 is 1.69 bits per heavy atom. The number of imide groups is 1. The fourth-order valence-electron chi connectivity index (χ4n) is 0.944. The van der Waals surface area contributed by atoms with Crippen LogP contribution in [0.15, 0.2) is 8.96 Å².